The number of amides is 1. The van der Waals surface area contributed by atoms with E-state index in [1.807, 2.05) is 25.9 Å². The fourth-order valence-electron chi connectivity index (χ4n) is 1.70. The van der Waals surface area contributed by atoms with Crippen molar-refractivity contribution in [3.63, 3.8) is 0 Å². The summed E-state index contributed by atoms with van der Waals surface area (Å²) < 4.78 is 38.4. The minimum atomic E-state index is -4.47. The van der Waals surface area contributed by atoms with Gasteiger partial charge in [0.1, 0.15) is 0 Å². The highest BCUT2D eigenvalue weighted by molar-refractivity contribution is 9.10. The van der Waals surface area contributed by atoms with E-state index in [1.165, 1.54) is 6.07 Å². The molecule has 1 N–H and O–H groups in total. The zero-order valence-electron chi connectivity index (χ0n) is 12.1. The normalized spacial score (nSPS) is 13.3. The van der Waals surface area contributed by atoms with E-state index in [2.05, 4.69) is 21.2 Å². The highest BCUT2D eigenvalue weighted by Crippen LogP contribution is 2.31. The Bertz CT molecular complexity index is 503. The van der Waals surface area contributed by atoms with Crippen LogP contribution in [0.2, 0.25) is 0 Å². The van der Waals surface area contributed by atoms with Crippen LogP contribution in [-0.4, -0.2) is 37.5 Å². The Morgan fingerprint density at radius 2 is 2.00 bits per heavy atom. The second kappa shape index (κ2) is 7.26. The third-order valence-corrected chi connectivity index (χ3v) is 3.62. The van der Waals surface area contributed by atoms with Crippen molar-refractivity contribution in [2.45, 2.75) is 25.6 Å². The van der Waals surface area contributed by atoms with Crippen molar-refractivity contribution in [2.75, 3.05) is 20.6 Å². The summed E-state index contributed by atoms with van der Waals surface area (Å²) in [5, 5.41) is 2.71. The van der Waals surface area contributed by atoms with Crippen LogP contribution in [0.25, 0.3) is 0 Å². The molecule has 7 heteroatoms. The molecular formula is C14H18BrF3N2O. The maximum atomic E-state index is 12.7. The maximum Gasteiger partial charge on any atom is 0.416 e. The number of benzene rings is 1. The number of nitrogens with zero attached hydrogens (tertiary/aromatic N) is 1. The molecule has 0 aliphatic rings. The fourth-order valence-corrected chi connectivity index (χ4v) is 2.13. The lowest BCUT2D eigenvalue weighted by molar-refractivity contribution is -0.137. The highest BCUT2D eigenvalue weighted by atomic mass is 79.9. The Kier molecular flexibility index (Phi) is 6.22. The Labute approximate surface area is 130 Å². The number of hydrogen-bond donors (Lipinski definition) is 1. The maximum absolute atomic E-state index is 12.7. The van der Waals surface area contributed by atoms with Gasteiger partial charge < -0.3 is 10.2 Å². The van der Waals surface area contributed by atoms with Crippen molar-refractivity contribution in [1.82, 2.24) is 10.2 Å². The Morgan fingerprint density at radius 3 is 2.52 bits per heavy atom. The van der Waals surface area contributed by atoms with E-state index in [0.29, 0.717) is 4.47 Å². The molecule has 1 amide bonds. The zero-order valence-corrected chi connectivity index (χ0v) is 13.7. The van der Waals surface area contributed by atoms with Gasteiger partial charge in [-0.15, -0.1) is 0 Å². The molecule has 3 nitrogen and oxygen atoms in total. The number of carbonyl (C=O) groups excluding carboxylic acids is 1. The average Bonchev–Trinajstić information content (AvgIpc) is 2.35. The van der Waals surface area contributed by atoms with Crippen LogP contribution in [0.4, 0.5) is 13.2 Å². The summed E-state index contributed by atoms with van der Waals surface area (Å²) in [5.41, 5.74) is -0.849. The van der Waals surface area contributed by atoms with Crippen LogP contribution < -0.4 is 5.32 Å². The molecule has 0 radical (unpaired) electrons. The van der Waals surface area contributed by atoms with Crippen LogP contribution in [0.3, 0.4) is 0 Å². The molecule has 0 heterocycles. The molecule has 0 aromatic heterocycles. The summed E-state index contributed by atoms with van der Waals surface area (Å²) in [6.45, 7) is 2.61. The molecule has 0 spiro atoms. The van der Waals surface area contributed by atoms with Gasteiger partial charge in [0.25, 0.3) is 5.91 Å². The molecule has 21 heavy (non-hydrogen) atoms. The molecule has 0 aliphatic carbocycles. The summed E-state index contributed by atoms with van der Waals surface area (Å²) in [6.07, 6.45) is -3.75. The van der Waals surface area contributed by atoms with E-state index in [9.17, 15) is 18.0 Å². The molecule has 1 rings (SSSR count). The number of nitrogens with one attached hydrogen (secondary N) is 1. The first kappa shape index (κ1) is 18.0. The average molecular weight is 367 g/mol. The summed E-state index contributed by atoms with van der Waals surface area (Å²) >= 11 is 3.11. The van der Waals surface area contributed by atoms with Crippen molar-refractivity contribution in [3.05, 3.63) is 33.8 Å². The summed E-state index contributed by atoms with van der Waals surface area (Å²) in [5.74, 6) is -0.515. The summed E-state index contributed by atoms with van der Waals surface area (Å²) in [4.78, 5) is 14.1. The molecule has 1 unspecified atom stereocenters. The topological polar surface area (TPSA) is 32.3 Å². The van der Waals surface area contributed by atoms with Crippen molar-refractivity contribution in [3.8, 4) is 0 Å². The number of carbonyl (C=O) groups is 1. The smallest absolute Gasteiger partial charge is 0.350 e. The zero-order chi connectivity index (χ0) is 16.2. The van der Waals surface area contributed by atoms with Crippen LogP contribution in [0.1, 0.15) is 29.3 Å². The largest absolute Gasteiger partial charge is 0.416 e. The Hall–Kier alpha value is -1.08. The predicted octanol–water partition coefficient (Wildman–Crippen LogP) is 3.54. The van der Waals surface area contributed by atoms with Gasteiger partial charge in [-0.1, -0.05) is 0 Å². The molecule has 1 aromatic carbocycles. The highest BCUT2D eigenvalue weighted by Gasteiger charge is 2.31. The van der Waals surface area contributed by atoms with Gasteiger partial charge in [-0.3, -0.25) is 4.79 Å². The van der Waals surface area contributed by atoms with E-state index < -0.39 is 17.6 Å². The van der Waals surface area contributed by atoms with Gasteiger partial charge in [0, 0.05) is 10.5 Å². The first-order valence-corrected chi connectivity index (χ1v) is 7.23. The lowest BCUT2D eigenvalue weighted by Crippen LogP contribution is -2.35. The molecule has 0 bridgehead atoms. The van der Waals surface area contributed by atoms with Crippen LogP contribution in [-0.2, 0) is 6.18 Å². The Balaban J connectivity index is 2.82. The van der Waals surface area contributed by atoms with Crippen LogP contribution in [0, 0.1) is 0 Å². The van der Waals surface area contributed by atoms with Crippen LogP contribution in [0.5, 0.6) is 0 Å². The Morgan fingerprint density at radius 1 is 1.38 bits per heavy atom. The van der Waals surface area contributed by atoms with E-state index in [-0.39, 0.29) is 11.6 Å². The van der Waals surface area contributed by atoms with E-state index in [1.54, 1.807) is 0 Å². The standard InChI is InChI=1S/C14H18BrF3N2O/c1-9(6-7-20(2)3)19-13(21)11-8-10(14(16,17)18)4-5-12(11)15/h4-5,8-9H,6-7H2,1-3H3,(H,19,21). The molecule has 0 saturated heterocycles. The summed E-state index contributed by atoms with van der Waals surface area (Å²) in [7, 11) is 3.83. The molecular weight excluding hydrogens is 349 g/mol. The van der Waals surface area contributed by atoms with Gasteiger partial charge in [0.2, 0.25) is 0 Å². The first-order chi connectivity index (χ1) is 9.61. The van der Waals surface area contributed by atoms with Crippen molar-refractivity contribution >= 4 is 21.8 Å². The lowest BCUT2D eigenvalue weighted by Gasteiger charge is -2.17. The molecule has 0 aliphatic heterocycles. The van der Waals surface area contributed by atoms with Crippen molar-refractivity contribution in [2.24, 2.45) is 0 Å². The molecule has 1 atom stereocenters. The van der Waals surface area contributed by atoms with Crippen LogP contribution >= 0.6 is 15.9 Å². The van der Waals surface area contributed by atoms with E-state index in [4.69, 9.17) is 0 Å². The fraction of sp³-hybridized carbons (Fsp3) is 0.500. The number of alkyl halides is 3. The molecule has 0 saturated carbocycles. The second-order valence-electron chi connectivity index (χ2n) is 5.16. The third kappa shape index (κ3) is 5.67. The minimum Gasteiger partial charge on any atom is -0.350 e. The monoisotopic (exact) mass is 366 g/mol. The number of hydrogen-bond acceptors (Lipinski definition) is 2. The number of halogens is 4. The predicted molar refractivity (Wildman–Crippen MR) is 79.2 cm³/mol. The molecule has 0 fully saturated rings. The number of rotatable bonds is 5. The van der Waals surface area contributed by atoms with Crippen LogP contribution in [0.15, 0.2) is 22.7 Å². The van der Waals surface area contributed by atoms with Gasteiger partial charge in [-0.2, -0.15) is 13.2 Å². The second-order valence-corrected chi connectivity index (χ2v) is 6.01. The van der Waals surface area contributed by atoms with Gasteiger partial charge in [-0.05, 0) is 68.1 Å². The van der Waals surface area contributed by atoms with Gasteiger partial charge in [0.05, 0.1) is 11.1 Å². The summed E-state index contributed by atoms with van der Waals surface area (Å²) in [6, 6.07) is 2.91. The molecule has 1 aromatic rings. The van der Waals surface area contributed by atoms with Gasteiger partial charge in [0.15, 0.2) is 0 Å². The van der Waals surface area contributed by atoms with Crippen molar-refractivity contribution in [1.29, 1.82) is 0 Å². The third-order valence-electron chi connectivity index (χ3n) is 2.93. The van der Waals surface area contributed by atoms with Gasteiger partial charge >= 0.3 is 6.18 Å². The lowest BCUT2D eigenvalue weighted by atomic mass is 10.1. The van der Waals surface area contributed by atoms with Crippen molar-refractivity contribution < 1.29 is 18.0 Å². The van der Waals surface area contributed by atoms with E-state index >= 15 is 0 Å². The van der Waals surface area contributed by atoms with Gasteiger partial charge in [-0.25, -0.2) is 0 Å². The van der Waals surface area contributed by atoms with E-state index in [0.717, 1.165) is 25.1 Å². The first-order valence-electron chi connectivity index (χ1n) is 6.43. The quantitative estimate of drug-likeness (QED) is 0.864. The SMILES string of the molecule is CC(CCN(C)C)NC(=O)c1cc(C(F)(F)F)ccc1Br. The molecule has 118 valence electrons. The minimum absolute atomic E-state index is 0.0125.